The summed E-state index contributed by atoms with van der Waals surface area (Å²) >= 11 is 0. The zero-order valence-electron chi connectivity index (χ0n) is 11.7. The topological polar surface area (TPSA) is 39.7 Å². The molecule has 1 heterocycles. The Bertz CT molecular complexity index is 245. The van der Waals surface area contributed by atoms with Crippen LogP contribution in [0.5, 0.6) is 0 Å². The third-order valence-electron chi connectivity index (χ3n) is 4.32. The van der Waals surface area contributed by atoms with E-state index in [9.17, 15) is 0 Å². The lowest BCUT2D eigenvalue weighted by molar-refractivity contribution is 0.0137. The summed E-state index contributed by atoms with van der Waals surface area (Å²) in [6.07, 6.45) is 5.40. The largest absolute Gasteiger partial charge is 0.385 e. The molecule has 0 aromatic rings. The Labute approximate surface area is 110 Å². The SMILES string of the molecule is COCCNCC1(CCOC)CCOC1C1CC1. The first-order valence-electron chi connectivity index (χ1n) is 7.12. The molecule has 0 amide bonds. The van der Waals surface area contributed by atoms with E-state index < -0.39 is 0 Å². The van der Waals surface area contributed by atoms with Crippen molar-refractivity contribution in [3.05, 3.63) is 0 Å². The van der Waals surface area contributed by atoms with Crippen LogP contribution in [0.3, 0.4) is 0 Å². The van der Waals surface area contributed by atoms with Gasteiger partial charge in [0, 0.05) is 45.9 Å². The normalized spacial score (nSPS) is 32.0. The highest BCUT2D eigenvalue weighted by molar-refractivity contribution is 5.00. The van der Waals surface area contributed by atoms with Crippen LogP contribution in [0.2, 0.25) is 0 Å². The van der Waals surface area contributed by atoms with Crippen LogP contribution in [-0.2, 0) is 14.2 Å². The third kappa shape index (κ3) is 3.44. The van der Waals surface area contributed by atoms with Crippen molar-refractivity contribution in [2.75, 3.05) is 47.1 Å². The number of ether oxygens (including phenoxy) is 3. The van der Waals surface area contributed by atoms with Gasteiger partial charge < -0.3 is 19.5 Å². The quantitative estimate of drug-likeness (QED) is 0.635. The fourth-order valence-electron chi connectivity index (χ4n) is 3.10. The lowest BCUT2D eigenvalue weighted by Crippen LogP contribution is -2.43. The minimum atomic E-state index is 0.283. The first kappa shape index (κ1) is 14.3. The molecule has 1 N–H and O–H groups in total. The molecule has 0 spiro atoms. The molecule has 0 radical (unpaired) electrons. The molecular weight excluding hydrogens is 230 g/mol. The molecule has 2 atom stereocenters. The Morgan fingerprint density at radius 1 is 1.22 bits per heavy atom. The van der Waals surface area contributed by atoms with Crippen molar-refractivity contribution >= 4 is 0 Å². The number of hydrogen-bond donors (Lipinski definition) is 1. The van der Waals surface area contributed by atoms with E-state index in [1.54, 1.807) is 14.2 Å². The van der Waals surface area contributed by atoms with Crippen molar-refractivity contribution in [3.8, 4) is 0 Å². The van der Waals surface area contributed by atoms with Crippen LogP contribution in [-0.4, -0.2) is 53.2 Å². The standard InChI is InChI=1S/C14H27NO3/c1-16-8-5-14(11-15-7-10-17-2)6-9-18-13(14)12-3-4-12/h12-13,15H,3-11H2,1-2H3. The predicted molar refractivity (Wildman–Crippen MR) is 70.8 cm³/mol. The molecule has 1 aliphatic carbocycles. The van der Waals surface area contributed by atoms with Gasteiger partial charge in [0.2, 0.25) is 0 Å². The third-order valence-corrected chi connectivity index (χ3v) is 4.32. The summed E-state index contributed by atoms with van der Waals surface area (Å²) in [5.74, 6) is 0.800. The highest BCUT2D eigenvalue weighted by atomic mass is 16.5. The number of methoxy groups -OCH3 is 2. The van der Waals surface area contributed by atoms with E-state index >= 15 is 0 Å². The fourth-order valence-corrected chi connectivity index (χ4v) is 3.10. The molecule has 0 aromatic carbocycles. The highest BCUT2D eigenvalue weighted by Gasteiger charge is 2.50. The monoisotopic (exact) mass is 257 g/mol. The average molecular weight is 257 g/mol. The Balaban J connectivity index is 1.88. The van der Waals surface area contributed by atoms with Gasteiger partial charge in [0.05, 0.1) is 12.7 Å². The van der Waals surface area contributed by atoms with Gasteiger partial charge in [-0.15, -0.1) is 0 Å². The molecule has 106 valence electrons. The molecule has 2 unspecified atom stereocenters. The second-order valence-electron chi connectivity index (χ2n) is 5.65. The van der Waals surface area contributed by atoms with E-state index in [-0.39, 0.29) is 5.41 Å². The van der Waals surface area contributed by atoms with Gasteiger partial charge in [0.25, 0.3) is 0 Å². The van der Waals surface area contributed by atoms with Crippen LogP contribution in [0.15, 0.2) is 0 Å². The van der Waals surface area contributed by atoms with Gasteiger partial charge in [0.1, 0.15) is 0 Å². The van der Waals surface area contributed by atoms with Crippen LogP contribution in [0.4, 0.5) is 0 Å². The van der Waals surface area contributed by atoms with Crippen molar-refractivity contribution in [2.24, 2.45) is 11.3 Å². The molecule has 1 saturated carbocycles. The molecule has 1 aliphatic heterocycles. The number of nitrogens with one attached hydrogen (secondary N) is 1. The van der Waals surface area contributed by atoms with Crippen LogP contribution < -0.4 is 5.32 Å². The van der Waals surface area contributed by atoms with Gasteiger partial charge in [-0.2, -0.15) is 0 Å². The number of rotatable bonds is 9. The highest BCUT2D eigenvalue weighted by Crippen LogP contribution is 2.49. The molecule has 4 nitrogen and oxygen atoms in total. The lowest BCUT2D eigenvalue weighted by Gasteiger charge is -2.34. The van der Waals surface area contributed by atoms with E-state index in [2.05, 4.69) is 5.32 Å². The zero-order valence-corrected chi connectivity index (χ0v) is 11.7. The first-order chi connectivity index (χ1) is 8.82. The second-order valence-corrected chi connectivity index (χ2v) is 5.65. The Hall–Kier alpha value is -0.160. The molecule has 4 heteroatoms. The molecule has 2 fully saturated rings. The molecule has 1 saturated heterocycles. The van der Waals surface area contributed by atoms with E-state index in [0.717, 1.165) is 51.7 Å². The summed E-state index contributed by atoms with van der Waals surface area (Å²) in [5.41, 5.74) is 0.283. The smallest absolute Gasteiger partial charge is 0.0673 e. The molecule has 18 heavy (non-hydrogen) atoms. The van der Waals surface area contributed by atoms with E-state index in [1.165, 1.54) is 12.8 Å². The lowest BCUT2D eigenvalue weighted by atomic mass is 9.76. The Morgan fingerprint density at radius 3 is 2.67 bits per heavy atom. The van der Waals surface area contributed by atoms with E-state index in [0.29, 0.717) is 6.10 Å². The van der Waals surface area contributed by atoms with Crippen LogP contribution >= 0.6 is 0 Å². The summed E-state index contributed by atoms with van der Waals surface area (Å²) in [6, 6.07) is 0. The predicted octanol–water partition coefficient (Wildman–Crippen LogP) is 1.44. The van der Waals surface area contributed by atoms with E-state index in [4.69, 9.17) is 14.2 Å². The summed E-state index contributed by atoms with van der Waals surface area (Å²) in [5, 5.41) is 3.53. The molecule has 0 aromatic heterocycles. The molecule has 0 bridgehead atoms. The van der Waals surface area contributed by atoms with E-state index in [1.807, 2.05) is 0 Å². The van der Waals surface area contributed by atoms with Crippen molar-refractivity contribution in [1.29, 1.82) is 0 Å². The average Bonchev–Trinajstić information content (AvgIpc) is 3.14. The van der Waals surface area contributed by atoms with Gasteiger partial charge in [-0.3, -0.25) is 0 Å². The van der Waals surface area contributed by atoms with Crippen molar-refractivity contribution in [2.45, 2.75) is 31.8 Å². The number of hydrogen-bond acceptors (Lipinski definition) is 4. The van der Waals surface area contributed by atoms with Gasteiger partial charge in [-0.25, -0.2) is 0 Å². The van der Waals surface area contributed by atoms with Crippen molar-refractivity contribution in [3.63, 3.8) is 0 Å². The minimum Gasteiger partial charge on any atom is -0.385 e. The minimum absolute atomic E-state index is 0.283. The Kier molecular flexibility index (Phi) is 5.42. The maximum absolute atomic E-state index is 6.02. The Morgan fingerprint density at radius 2 is 2.00 bits per heavy atom. The summed E-state index contributed by atoms with van der Waals surface area (Å²) in [7, 11) is 3.53. The van der Waals surface area contributed by atoms with Crippen LogP contribution in [0.1, 0.15) is 25.7 Å². The summed E-state index contributed by atoms with van der Waals surface area (Å²) in [4.78, 5) is 0. The van der Waals surface area contributed by atoms with Crippen molar-refractivity contribution in [1.82, 2.24) is 5.32 Å². The second kappa shape index (κ2) is 6.85. The summed E-state index contributed by atoms with van der Waals surface area (Å²) < 4.78 is 16.4. The van der Waals surface area contributed by atoms with Crippen LogP contribution in [0, 0.1) is 11.3 Å². The van der Waals surface area contributed by atoms with Crippen LogP contribution in [0.25, 0.3) is 0 Å². The molecular formula is C14H27NO3. The van der Waals surface area contributed by atoms with Crippen molar-refractivity contribution < 1.29 is 14.2 Å². The van der Waals surface area contributed by atoms with Gasteiger partial charge >= 0.3 is 0 Å². The van der Waals surface area contributed by atoms with Gasteiger partial charge in [-0.05, 0) is 31.6 Å². The molecule has 2 aliphatic rings. The van der Waals surface area contributed by atoms with Gasteiger partial charge in [0.15, 0.2) is 0 Å². The maximum Gasteiger partial charge on any atom is 0.0673 e. The first-order valence-corrected chi connectivity index (χ1v) is 7.12. The molecule has 2 rings (SSSR count). The maximum atomic E-state index is 6.02. The fraction of sp³-hybridized carbons (Fsp3) is 1.00. The zero-order chi connectivity index (χ0) is 12.8. The van der Waals surface area contributed by atoms with Gasteiger partial charge in [-0.1, -0.05) is 0 Å². The summed E-state index contributed by atoms with van der Waals surface area (Å²) in [6.45, 7) is 4.47.